The molecule has 2 N–H and O–H groups in total. The summed E-state index contributed by atoms with van der Waals surface area (Å²) in [4.78, 5) is 23.3. The highest BCUT2D eigenvalue weighted by atomic mass is 35.5. The van der Waals surface area contributed by atoms with Gasteiger partial charge in [0.05, 0.1) is 29.6 Å². The number of nitrogens with zero attached hydrogens (tertiary/aromatic N) is 1. The van der Waals surface area contributed by atoms with Gasteiger partial charge in [0.2, 0.25) is 5.91 Å². The second kappa shape index (κ2) is 7.44. The van der Waals surface area contributed by atoms with Gasteiger partial charge in [-0.3, -0.25) is 9.59 Å². The molecule has 1 heterocycles. The van der Waals surface area contributed by atoms with Gasteiger partial charge in [0.25, 0.3) is 0 Å². The Morgan fingerprint density at radius 2 is 2.12 bits per heavy atom. The van der Waals surface area contributed by atoms with E-state index in [-0.39, 0.29) is 17.9 Å². The number of amides is 1. The molecule has 8 heteroatoms. The first-order valence-corrected chi connectivity index (χ1v) is 7.53. The number of nitrogens with one attached hydrogen (secondary N) is 1. The van der Waals surface area contributed by atoms with Crippen LogP contribution < -0.4 is 5.32 Å². The number of carbonyl (C=O) groups excluding carboxylic acids is 1. The summed E-state index contributed by atoms with van der Waals surface area (Å²) < 4.78 is 18.6. The van der Waals surface area contributed by atoms with Crippen LogP contribution in [0.2, 0.25) is 5.02 Å². The van der Waals surface area contributed by atoms with Crippen LogP contribution in [0.15, 0.2) is 22.7 Å². The van der Waals surface area contributed by atoms with Crippen LogP contribution in [0, 0.1) is 19.7 Å². The van der Waals surface area contributed by atoms with E-state index in [1.165, 1.54) is 12.1 Å². The summed E-state index contributed by atoms with van der Waals surface area (Å²) in [5, 5.41) is 15.3. The number of aryl methyl sites for hydroxylation is 2. The summed E-state index contributed by atoms with van der Waals surface area (Å²) in [5.74, 6) is -1.68. The first-order chi connectivity index (χ1) is 11.3. The molecule has 2 aromatic rings. The molecule has 0 aliphatic heterocycles. The van der Waals surface area contributed by atoms with E-state index in [4.69, 9.17) is 21.2 Å². The number of carbonyl (C=O) groups is 2. The number of aliphatic carboxylic acids is 1. The van der Waals surface area contributed by atoms with Crippen molar-refractivity contribution in [2.24, 2.45) is 0 Å². The molecule has 0 spiro atoms. The van der Waals surface area contributed by atoms with Crippen LogP contribution in [-0.2, 0) is 16.0 Å². The summed E-state index contributed by atoms with van der Waals surface area (Å²) in [6.45, 7) is 3.40. The average molecular weight is 355 g/mol. The van der Waals surface area contributed by atoms with Crippen molar-refractivity contribution in [2.45, 2.75) is 32.7 Å². The van der Waals surface area contributed by atoms with Crippen molar-refractivity contribution in [2.75, 3.05) is 0 Å². The molecule has 6 nitrogen and oxygen atoms in total. The van der Waals surface area contributed by atoms with Crippen molar-refractivity contribution in [1.29, 1.82) is 0 Å². The Bertz CT molecular complexity index is 756. The van der Waals surface area contributed by atoms with Crippen LogP contribution in [0.4, 0.5) is 4.39 Å². The van der Waals surface area contributed by atoms with Gasteiger partial charge in [-0.05, 0) is 31.5 Å². The Labute approximate surface area is 142 Å². The first kappa shape index (κ1) is 17.9. The predicted octanol–water partition coefficient (Wildman–Crippen LogP) is 2.96. The normalized spacial score (nSPS) is 12.0. The molecule has 0 saturated carbocycles. The van der Waals surface area contributed by atoms with E-state index in [2.05, 4.69) is 10.5 Å². The fraction of sp³-hybridized carbons (Fsp3) is 0.312. The van der Waals surface area contributed by atoms with E-state index in [1.54, 1.807) is 13.8 Å². The second-order valence-electron chi connectivity index (χ2n) is 5.37. The third-order valence-corrected chi connectivity index (χ3v) is 3.89. The van der Waals surface area contributed by atoms with Gasteiger partial charge in [0.1, 0.15) is 11.6 Å². The Morgan fingerprint density at radius 1 is 1.42 bits per heavy atom. The van der Waals surface area contributed by atoms with Gasteiger partial charge in [-0.25, -0.2) is 4.39 Å². The smallest absolute Gasteiger partial charge is 0.305 e. The van der Waals surface area contributed by atoms with Gasteiger partial charge >= 0.3 is 5.97 Å². The van der Waals surface area contributed by atoms with Crippen LogP contribution in [0.1, 0.15) is 35.0 Å². The zero-order valence-corrected chi connectivity index (χ0v) is 13.9. The number of hydrogen-bond donors (Lipinski definition) is 2. The standard InChI is InChI=1S/C16H16ClFN2O4/c1-8-11(9(2)24-20-8)6-15(21)19-14(7-16(22)23)10-3-4-12(17)13(18)5-10/h3-5,14H,6-7H2,1-2H3,(H,19,21)(H,22,23). The van der Waals surface area contributed by atoms with Crippen molar-refractivity contribution in [3.8, 4) is 0 Å². The molecular formula is C16H16ClFN2O4. The largest absolute Gasteiger partial charge is 0.481 e. The average Bonchev–Trinajstić information content (AvgIpc) is 2.81. The Balaban J connectivity index is 2.17. The molecule has 1 aromatic heterocycles. The number of halogens is 2. The minimum absolute atomic E-state index is 0.00659. The van der Waals surface area contributed by atoms with Crippen molar-refractivity contribution >= 4 is 23.5 Å². The lowest BCUT2D eigenvalue weighted by molar-refractivity contribution is -0.137. The lowest BCUT2D eigenvalue weighted by Gasteiger charge is -2.18. The van der Waals surface area contributed by atoms with E-state index in [0.717, 1.165) is 6.07 Å². The molecule has 0 saturated heterocycles. The van der Waals surface area contributed by atoms with Crippen LogP contribution >= 0.6 is 11.6 Å². The zero-order valence-electron chi connectivity index (χ0n) is 13.1. The van der Waals surface area contributed by atoms with Crippen LogP contribution in [0.25, 0.3) is 0 Å². The summed E-state index contributed by atoms with van der Waals surface area (Å²) in [6, 6.07) is 3.05. The molecule has 1 amide bonds. The van der Waals surface area contributed by atoms with Crippen molar-refractivity contribution in [1.82, 2.24) is 10.5 Å². The number of aromatic nitrogens is 1. The molecule has 0 radical (unpaired) electrons. The molecule has 1 unspecified atom stereocenters. The highest BCUT2D eigenvalue weighted by Gasteiger charge is 2.21. The quantitative estimate of drug-likeness (QED) is 0.832. The number of benzene rings is 1. The summed E-state index contributed by atoms with van der Waals surface area (Å²) in [5.41, 5.74) is 1.56. The molecule has 24 heavy (non-hydrogen) atoms. The van der Waals surface area contributed by atoms with Gasteiger partial charge in [-0.1, -0.05) is 22.8 Å². The third-order valence-electron chi connectivity index (χ3n) is 3.58. The monoisotopic (exact) mass is 354 g/mol. The zero-order chi connectivity index (χ0) is 17.9. The third kappa shape index (κ3) is 4.32. The molecule has 0 aliphatic rings. The molecule has 0 fully saturated rings. The highest BCUT2D eigenvalue weighted by molar-refractivity contribution is 6.30. The minimum Gasteiger partial charge on any atom is -0.481 e. The molecule has 0 aliphatic carbocycles. The number of carboxylic acid groups (broad SMARTS) is 1. The van der Waals surface area contributed by atoms with Gasteiger partial charge in [0.15, 0.2) is 0 Å². The van der Waals surface area contributed by atoms with Gasteiger partial charge in [-0.2, -0.15) is 0 Å². The predicted molar refractivity (Wildman–Crippen MR) is 84.2 cm³/mol. The second-order valence-corrected chi connectivity index (χ2v) is 5.78. The van der Waals surface area contributed by atoms with Crippen LogP contribution in [0.5, 0.6) is 0 Å². The van der Waals surface area contributed by atoms with E-state index in [0.29, 0.717) is 22.6 Å². The molecule has 128 valence electrons. The van der Waals surface area contributed by atoms with E-state index in [9.17, 15) is 14.0 Å². The van der Waals surface area contributed by atoms with Crippen LogP contribution in [0.3, 0.4) is 0 Å². The lowest BCUT2D eigenvalue weighted by Crippen LogP contribution is -2.31. The maximum atomic E-state index is 13.6. The Hall–Kier alpha value is -2.41. The van der Waals surface area contributed by atoms with E-state index >= 15 is 0 Å². The van der Waals surface area contributed by atoms with E-state index < -0.39 is 23.7 Å². The summed E-state index contributed by atoms with van der Waals surface area (Å²) in [7, 11) is 0. The molecule has 1 atom stereocenters. The van der Waals surface area contributed by atoms with Gasteiger partial charge in [0, 0.05) is 5.56 Å². The molecular weight excluding hydrogens is 339 g/mol. The first-order valence-electron chi connectivity index (χ1n) is 7.15. The van der Waals surface area contributed by atoms with Gasteiger partial charge in [-0.15, -0.1) is 0 Å². The molecule has 1 aromatic carbocycles. The number of carboxylic acids is 1. The molecule has 2 rings (SSSR count). The lowest BCUT2D eigenvalue weighted by atomic mass is 10.0. The summed E-state index contributed by atoms with van der Waals surface area (Å²) in [6.07, 6.45) is -0.387. The Morgan fingerprint density at radius 3 is 2.67 bits per heavy atom. The molecule has 0 bridgehead atoms. The maximum absolute atomic E-state index is 13.6. The Kier molecular flexibility index (Phi) is 5.56. The van der Waals surface area contributed by atoms with Crippen molar-refractivity contribution in [3.05, 3.63) is 51.6 Å². The summed E-state index contributed by atoms with van der Waals surface area (Å²) >= 11 is 5.63. The maximum Gasteiger partial charge on any atom is 0.305 e. The van der Waals surface area contributed by atoms with Crippen molar-refractivity contribution < 1.29 is 23.6 Å². The SMILES string of the molecule is Cc1noc(C)c1CC(=O)NC(CC(=O)O)c1ccc(Cl)c(F)c1. The highest BCUT2D eigenvalue weighted by Crippen LogP contribution is 2.23. The topological polar surface area (TPSA) is 92.4 Å². The fourth-order valence-electron chi connectivity index (χ4n) is 2.32. The number of rotatable bonds is 6. The van der Waals surface area contributed by atoms with Crippen LogP contribution in [-0.4, -0.2) is 22.1 Å². The fourth-order valence-corrected chi connectivity index (χ4v) is 2.43. The van der Waals surface area contributed by atoms with E-state index in [1.807, 2.05) is 0 Å². The number of hydrogen-bond acceptors (Lipinski definition) is 4. The minimum atomic E-state index is -1.12. The van der Waals surface area contributed by atoms with Crippen molar-refractivity contribution in [3.63, 3.8) is 0 Å². The van der Waals surface area contributed by atoms with Gasteiger partial charge < -0.3 is 14.9 Å².